The molecule has 18 heavy (non-hydrogen) atoms. The number of rotatable bonds is 5. The van der Waals surface area contributed by atoms with Gasteiger partial charge in [0, 0.05) is 0 Å². The average Bonchev–Trinajstić information content (AvgIpc) is 2.46. The lowest BCUT2D eigenvalue weighted by atomic mass is 10.1. The van der Waals surface area contributed by atoms with Gasteiger partial charge in [0.05, 0.1) is 18.8 Å². The molecule has 0 heterocycles. The van der Waals surface area contributed by atoms with Crippen molar-refractivity contribution in [2.24, 2.45) is 5.73 Å². The van der Waals surface area contributed by atoms with Crippen LogP contribution in [0.1, 0.15) is 30.2 Å². The van der Waals surface area contributed by atoms with Gasteiger partial charge in [-0.15, -0.1) is 0 Å². The third-order valence-corrected chi connectivity index (χ3v) is 3.02. The average molecular weight is 241 g/mol. The Kier molecular flexibility index (Phi) is 4.51. The van der Waals surface area contributed by atoms with Crippen LogP contribution in [0.25, 0.3) is 0 Å². The highest BCUT2D eigenvalue weighted by Crippen LogP contribution is 2.18. The highest BCUT2D eigenvalue weighted by Gasteiger charge is 2.09. The van der Waals surface area contributed by atoms with E-state index in [1.54, 1.807) is 0 Å². The Morgan fingerprint density at radius 3 is 1.94 bits per heavy atom. The molecule has 2 rings (SSSR count). The molecule has 0 aliphatic carbocycles. The largest absolute Gasteiger partial charge is 0.372 e. The maximum atomic E-state index is 6.10. The Labute approximate surface area is 108 Å². The maximum Gasteiger partial charge on any atom is 0.0797 e. The van der Waals surface area contributed by atoms with E-state index in [4.69, 9.17) is 10.5 Å². The molecular weight excluding hydrogens is 222 g/mol. The number of hydrogen-bond donors (Lipinski definition) is 1. The summed E-state index contributed by atoms with van der Waals surface area (Å²) in [5.41, 5.74) is 8.38. The second-order valence-electron chi connectivity index (χ2n) is 4.40. The van der Waals surface area contributed by atoms with Gasteiger partial charge in [-0.2, -0.15) is 0 Å². The van der Waals surface area contributed by atoms with Gasteiger partial charge in [-0.1, -0.05) is 60.7 Å². The minimum atomic E-state index is -0.0719. The van der Waals surface area contributed by atoms with Crippen LogP contribution < -0.4 is 5.73 Å². The molecule has 2 N–H and O–H groups in total. The summed E-state index contributed by atoms with van der Waals surface area (Å²) in [6.07, 6.45) is 0.0703. The summed E-state index contributed by atoms with van der Waals surface area (Å²) in [6, 6.07) is 20.2. The SMILES string of the molecule is CC(OCC(N)c1ccccc1)c1ccccc1. The van der Waals surface area contributed by atoms with Crippen LogP contribution in [0.5, 0.6) is 0 Å². The number of ether oxygens (including phenoxy) is 1. The van der Waals surface area contributed by atoms with Crippen molar-refractivity contribution >= 4 is 0 Å². The van der Waals surface area contributed by atoms with E-state index in [1.807, 2.05) is 55.5 Å². The molecule has 2 heteroatoms. The van der Waals surface area contributed by atoms with Gasteiger partial charge < -0.3 is 10.5 Å². The summed E-state index contributed by atoms with van der Waals surface area (Å²) < 4.78 is 5.82. The number of benzene rings is 2. The van der Waals surface area contributed by atoms with Crippen molar-refractivity contribution < 1.29 is 4.74 Å². The van der Waals surface area contributed by atoms with Crippen molar-refractivity contribution in [1.29, 1.82) is 0 Å². The molecule has 0 aromatic heterocycles. The van der Waals surface area contributed by atoms with Crippen molar-refractivity contribution in [3.05, 3.63) is 71.8 Å². The lowest BCUT2D eigenvalue weighted by Gasteiger charge is -2.17. The van der Waals surface area contributed by atoms with Gasteiger partial charge in [0.15, 0.2) is 0 Å². The minimum Gasteiger partial charge on any atom is -0.372 e. The normalized spacial score (nSPS) is 14.1. The smallest absolute Gasteiger partial charge is 0.0797 e. The van der Waals surface area contributed by atoms with Crippen LogP contribution in [0.3, 0.4) is 0 Å². The van der Waals surface area contributed by atoms with Crippen LogP contribution >= 0.6 is 0 Å². The first-order valence-corrected chi connectivity index (χ1v) is 6.24. The van der Waals surface area contributed by atoms with Crippen molar-refractivity contribution in [3.63, 3.8) is 0 Å². The quantitative estimate of drug-likeness (QED) is 0.870. The molecule has 0 amide bonds. The van der Waals surface area contributed by atoms with E-state index < -0.39 is 0 Å². The molecule has 2 aromatic rings. The fourth-order valence-electron chi connectivity index (χ4n) is 1.86. The first kappa shape index (κ1) is 12.8. The zero-order chi connectivity index (χ0) is 12.8. The summed E-state index contributed by atoms with van der Waals surface area (Å²) in [5.74, 6) is 0. The third kappa shape index (κ3) is 3.42. The van der Waals surface area contributed by atoms with E-state index in [2.05, 4.69) is 12.1 Å². The zero-order valence-electron chi connectivity index (χ0n) is 10.6. The van der Waals surface area contributed by atoms with E-state index >= 15 is 0 Å². The molecule has 2 unspecified atom stereocenters. The first-order chi connectivity index (χ1) is 8.77. The molecule has 2 aromatic carbocycles. The van der Waals surface area contributed by atoms with E-state index in [1.165, 1.54) is 5.56 Å². The van der Waals surface area contributed by atoms with Crippen molar-refractivity contribution in [3.8, 4) is 0 Å². The fraction of sp³-hybridized carbons (Fsp3) is 0.250. The van der Waals surface area contributed by atoms with Crippen LogP contribution in [0.15, 0.2) is 60.7 Å². The number of hydrogen-bond acceptors (Lipinski definition) is 2. The van der Waals surface area contributed by atoms with Crippen LogP contribution in [-0.4, -0.2) is 6.61 Å². The predicted molar refractivity (Wildman–Crippen MR) is 74.2 cm³/mol. The molecular formula is C16H19NO. The maximum absolute atomic E-state index is 6.10. The summed E-state index contributed by atoms with van der Waals surface area (Å²) >= 11 is 0. The molecule has 0 fully saturated rings. The van der Waals surface area contributed by atoms with Gasteiger partial charge in [-0.05, 0) is 18.1 Å². The highest BCUT2D eigenvalue weighted by molar-refractivity contribution is 5.19. The second-order valence-corrected chi connectivity index (χ2v) is 4.40. The Morgan fingerprint density at radius 2 is 1.39 bits per heavy atom. The molecule has 0 aliphatic heterocycles. The van der Waals surface area contributed by atoms with E-state index in [-0.39, 0.29) is 12.1 Å². The van der Waals surface area contributed by atoms with Crippen molar-refractivity contribution in [2.45, 2.75) is 19.1 Å². The molecule has 0 saturated heterocycles. The molecule has 0 spiro atoms. The molecule has 0 radical (unpaired) electrons. The third-order valence-electron chi connectivity index (χ3n) is 3.02. The lowest BCUT2D eigenvalue weighted by Crippen LogP contribution is -2.18. The Bertz CT molecular complexity index is 410. The molecule has 0 aliphatic rings. The lowest BCUT2D eigenvalue weighted by molar-refractivity contribution is 0.0556. The van der Waals surface area contributed by atoms with Crippen LogP contribution in [-0.2, 0) is 4.74 Å². The summed E-state index contributed by atoms with van der Waals surface area (Å²) in [4.78, 5) is 0. The Hall–Kier alpha value is -1.64. The van der Waals surface area contributed by atoms with Gasteiger partial charge in [-0.3, -0.25) is 0 Å². The second kappa shape index (κ2) is 6.34. The summed E-state index contributed by atoms with van der Waals surface area (Å²) in [5, 5.41) is 0. The summed E-state index contributed by atoms with van der Waals surface area (Å²) in [6.45, 7) is 2.58. The van der Waals surface area contributed by atoms with Crippen LogP contribution in [0, 0.1) is 0 Å². The van der Waals surface area contributed by atoms with Gasteiger partial charge in [-0.25, -0.2) is 0 Å². The van der Waals surface area contributed by atoms with Gasteiger partial charge in [0.2, 0.25) is 0 Å². The van der Waals surface area contributed by atoms with Gasteiger partial charge in [0.1, 0.15) is 0 Å². The fourth-order valence-corrected chi connectivity index (χ4v) is 1.86. The van der Waals surface area contributed by atoms with Gasteiger partial charge in [0.25, 0.3) is 0 Å². The first-order valence-electron chi connectivity index (χ1n) is 6.24. The highest BCUT2D eigenvalue weighted by atomic mass is 16.5. The van der Waals surface area contributed by atoms with Crippen LogP contribution in [0.4, 0.5) is 0 Å². The minimum absolute atomic E-state index is 0.0703. The number of nitrogens with two attached hydrogens (primary N) is 1. The summed E-state index contributed by atoms with van der Waals surface area (Å²) in [7, 11) is 0. The van der Waals surface area contributed by atoms with Crippen LogP contribution in [0.2, 0.25) is 0 Å². The van der Waals surface area contributed by atoms with Crippen molar-refractivity contribution in [2.75, 3.05) is 6.61 Å². The molecule has 0 bridgehead atoms. The Morgan fingerprint density at radius 1 is 0.889 bits per heavy atom. The van der Waals surface area contributed by atoms with E-state index in [9.17, 15) is 0 Å². The van der Waals surface area contributed by atoms with E-state index in [0.717, 1.165) is 5.56 Å². The van der Waals surface area contributed by atoms with Gasteiger partial charge >= 0.3 is 0 Å². The molecule has 2 nitrogen and oxygen atoms in total. The topological polar surface area (TPSA) is 35.2 Å². The molecule has 94 valence electrons. The monoisotopic (exact) mass is 241 g/mol. The standard InChI is InChI=1S/C16H19NO/c1-13(14-8-4-2-5-9-14)18-12-16(17)15-10-6-3-7-11-15/h2-11,13,16H,12,17H2,1H3. The van der Waals surface area contributed by atoms with Crippen molar-refractivity contribution in [1.82, 2.24) is 0 Å². The molecule has 2 atom stereocenters. The Balaban J connectivity index is 1.89. The zero-order valence-corrected chi connectivity index (χ0v) is 10.6. The molecule has 0 saturated carbocycles. The predicted octanol–water partition coefficient (Wildman–Crippen LogP) is 3.46. The van der Waals surface area contributed by atoms with E-state index in [0.29, 0.717) is 6.61 Å².